The van der Waals surface area contributed by atoms with Gasteiger partial charge in [-0.15, -0.1) is 5.06 Å². The summed E-state index contributed by atoms with van der Waals surface area (Å²) in [7, 11) is 4.47. The number of rotatable bonds is 12. The molecule has 7 atom stereocenters. The van der Waals surface area contributed by atoms with Crippen LogP contribution in [0.15, 0.2) is 54.1 Å². The summed E-state index contributed by atoms with van der Waals surface area (Å²) in [5, 5.41) is 15.3. The number of benzene rings is 2. The molecule has 19 heteroatoms. The Balaban J connectivity index is 1.17. The van der Waals surface area contributed by atoms with Crippen molar-refractivity contribution in [3.8, 4) is 5.75 Å². The first kappa shape index (κ1) is 50.1. The molecule has 4 amide bonds. The fraction of sp³-hybridized carbons (Fsp3) is 0.511. The van der Waals surface area contributed by atoms with E-state index in [-0.39, 0.29) is 72.9 Å². The van der Waals surface area contributed by atoms with Crippen LogP contribution in [0.5, 0.6) is 5.75 Å². The second kappa shape index (κ2) is 21.1. The molecule has 17 nitrogen and oxygen atoms in total. The second-order valence-corrected chi connectivity index (χ2v) is 18.2. The van der Waals surface area contributed by atoms with E-state index >= 15 is 0 Å². The molecule has 3 saturated heterocycles. The number of hydrogen-bond acceptors (Lipinski definition) is 14. The minimum Gasteiger partial charge on any atom is -0.495 e. The van der Waals surface area contributed by atoms with Crippen molar-refractivity contribution in [1.29, 1.82) is 0 Å². The molecule has 3 fully saturated rings. The number of unbranched alkanes of at least 4 members (excludes halogenated alkanes) is 1. The molecular weight excluding hydrogens is 901 g/mol. The van der Waals surface area contributed by atoms with Gasteiger partial charge in [-0.2, -0.15) is 0 Å². The van der Waals surface area contributed by atoms with Crippen molar-refractivity contribution in [2.24, 2.45) is 5.92 Å². The van der Waals surface area contributed by atoms with Gasteiger partial charge >= 0.3 is 18.0 Å². The number of nitrogens with zero attached hydrogens (tertiary/aromatic N) is 2. The molecule has 66 heavy (non-hydrogen) atoms. The van der Waals surface area contributed by atoms with E-state index in [1.165, 1.54) is 31.3 Å². The van der Waals surface area contributed by atoms with E-state index in [1.807, 2.05) is 13.0 Å². The summed E-state index contributed by atoms with van der Waals surface area (Å²) in [6, 6.07) is 8.19. The second-order valence-electron chi connectivity index (χ2n) is 17.4. The Labute approximate surface area is 392 Å². The summed E-state index contributed by atoms with van der Waals surface area (Å²) in [4.78, 5) is 95.5. The molecule has 4 heterocycles. The zero-order valence-electron chi connectivity index (χ0n) is 37.7. The lowest BCUT2D eigenvalue weighted by Crippen LogP contribution is -2.53. The minimum atomic E-state index is -1.62. The summed E-state index contributed by atoms with van der Waals surface area (Å²) in [5.74, 6) is -3.31. The monoisotopic (exact) mass is 955 g/mol. The highest BCUT2D eigenvalue weighted by Gasteiger charge is 2.64. The number of epoxide rings is 1. The molecule has 4 aliphatic rings. The molecule has 4 bridgehead atoms. The summed E-state index contributed by atoms with van der Waals surface area (Å²) < 4.78 is 29.4. The van der Waals surface area contributed by atoms with Crippen LogP contribution in [-0.4, -0.2) is 109 Å². The van der Waals surface area contributed by atoms with E-state index in [0.717, 1.165) is 11.1 Å². The minimum absolute atomic E-state index is 0.00549. The number of amides is 4. The van der Waals surface area contributed by atoms with Gasteiger partial charge in [0.05, 0.1) is 42.5 Å². The number of ketones is 1. The lowest BCUT2D eigenvalue weighted by Gasteiger charge is -2.41. The average Bonchev–Trinajstić information content (AvgIpc) is 3.87. The van der Waals surface area contributed by atoms with Gasteiger partial charge in [-0.25, -0.2) is 9.59 Å². The number of anilines is 2. The van der Waals surface area contributed by atoms with Crippen molar-refractivity contribution in [1.82, 2.24) is 5.06 Å². The summed E-state index contributed by atoms with van der Waals surface area (Å²) in [6.07, 6.45) is 1.26. The number of esters is 1. The van der Waals surface area contributed by atoms with Gasteiger partial charge in [0.2, 0.25) is 5.91 Å². The van der Waals surface area contributed by atoms with Crippen LogP contribution in [-0.2, 0) is 65.4 Å². The highest BCUT2D eigenvalue weighted by Crippen LogP contribution is 2.50. The third-order valence-corrected chi connectivity index (χ3v) is 13.1. The zero-order chi connectivity index (χ0) is 48.1. The smallest absolute Gasteiger partial charge is 0.412 e. The number of imide groups is 1. The largest absolute Gasteiger partial charge is 0.495 e. The number of carbonyl (C=O) groups excluding carboxylic acids is 7. The maximum absolute atomic E-state index is 14.2. The number of halogens is 2. The highest BCUT2D eigenvalue weighted by atomic mass is 35.5. The maximum atomic E-state index is 14.2. The van der Waals surface area contributed by atoms with E-state index < -0.39 is 77.3 Å². The Kier molecular flexibility index (Phi) is 16.0. The van der Waals surface area contributed by atoms with Gasteiger partial charge in [-0.1, -0.05) is 60.0 Å². The molecule has 0 aliphatic carbocycles. The van der Waals surface area contributed by atoms with Crippen LogP contribution >= 0.6 is 23.2 Å². The standard InChI is InChI=1S/C47H55Cl2N3O14/c1-26-10-9-12-36(62-6)47(60)24-35(63-42(58)25-47)27(2)44-46(3,65-44)37(23-40(56)51(4)33-21-29(18-26)22-34(61-5)43(33)49)64-45(59)50-32-15-14-28(20-31(32)48)19-30(53)11-7-8-13-41(57)66-52-38(54)16-17-39(52)55/h9-10,12,14-15,20-22,27,35-37,44,60H,7-8,11,13,16-19,23-25H2,1-6H3,(H,50,59)/b12-9+,26-10+/t27-,35+,36-,37+,44+,46+,47-/m1/s1. The first-order valence-electron chi connectivity index (χ1n) is 21.7. The van der Waals surface area contributed by atoms with Crippen molar-refractivity contribution >= 4 is 76.1 Å². The number of carbonyl (C=O) groups is 7. The summed E-state index contributed by atoms with van der Waals surface area (Å²) in [5.41, 5.74) is -0.118. The molecular formula is C47H55Cl2N3O14. The van der Waals surface area contributed by atoms with Crippen LogP contribution in [0.4, 0.5) is 16.2 Å². The predicted octanol–water partition coefficient (Wildman–Crippen LogP) is 6.56. The number of methoxy groups -OCH3 is 2. The zero-order valence-corrected chi connectivity index (χ0v) is 39.2. The Morgan fingerprint density at radius 3 is 2.39 bits per heavy atom. The number of ether oxygens (including phenoxy) is 5. The molecule has 0 aromatic heterocycles. The third-order valence-electron chi connectivity index (χ3n) is 12.4. The van der Waals surface area contributed by atoms with E-state index in [1.54, 1.807) is 51.2 Å². The predicted molar refractivity (Wildman–Crippen MR) is 240 cm³/mol. The number of Topliss-reactive ketones (excluding diaryl/α,β-unsaturated/α-hetero) is 1. The van der Waals surface area contributed by atoms with Crippen molar-refractivity contribution in [2.75, 3.05) is 31.5 Å². The molecule has 356 valence electrons. The number of hydroxylamine groups is 2. The van der Waals surface area contributed by atoms with E-state index in [2.05, 4.69) is 5.32 Å². The quantitative estimate of drug-likeness (QED) is 0.0998. The molecule has 2 aromatic carbocycles. The number of aliphatic hydroxyl groups is 1. The van der Waals surface area contributed by atoms with Gasteiger partial charge in [-0.05, 0) is 68.5 Å². The van der Waals surface area contributed by atoms with E-state index in [9.17, 15) is 38.7 Å². The van der Waals surface area contributed by atoms with Crippen molar-refractivity contribution in [3.05, 3.63) is 75.3 Å². The van der Waals surface area contributed by atoms with Crippen LogP contribution in [0, 0.1) is 5.92 Å². The van der Waals surface area contributed by atoms with Crippen LogP contribution in [0.1, 0.15) is 89.7 Å². The molecule has 0 spiro atoms. The molecule has 0 unspecified atom stereocenters. The number of hydrogen-bond donors (Lipinski definition) is 2. The average molecular weight is 957 g/mol. The van der Waals surface area contributed by atoms with Gasteiger partial charge in [0.15, 0.2) is 0 Å². The molecule has 2 aromatic rings. The fourth-order valence-corrected chi connectivity index (χ4v) is 9.17. The van der Waals surface area contributed by atoms with Gasteiger partial charge in [0.1, 0.15) is 46.1 Å². The number of allylic oxidation sites excluding steroid dienone is 3. The fourth-order valence-electron chi connectivity index (χ4n) is 8.61. The van der Waals surface area contributed by atoms with Gasteiger partial charge in [-0.3, -0.25) is 29.3 Å². The Bertz CT molecular complexity index is 2300. The van der Waals surface area contributed by atoms with E-state index in [4.69, 9.17) is 51.7 Å². The van der Waals surface area contributed by atoms with E-state index in [0.29, 0.717) is 41.3 Å². The number of nitrogens with one attached hydrogen (secondary N) is 1. The van der Waals surface area contributed by atoms with Gasteiger partial charge in [0, 0.05) is 58.6 Å². The molecule has 0 saturated carbocycles. The normalized spacial score (nSPS) is 28.1. The van der Waals surface area contributed by atoms with Crippen LogP contribution in [0.25, 0.3) is 0 Å². The lowest BCUT2D eigenvalue weighted by atomic mass is 9.78. The first-order valence-corrected chi connectivity index (χ1v) is 22.4. The van der Waals surface area contributed by atoms with Crippen molar-refractivity contribution < 1.29 is 67.2 Å². The lowest BCUT2D eigenvalue weighted by molar-refractivity contribution is -0.197. The van der Waals surface area contributed by atoms with Crippen LogP contribution in [0.3, 0.4) is 0 Å². The molecule has 6 rings (SSSR count). The first-order chi connectivity index (χ1) is 31.2. The van der Waals surface area contributed by atoms with Gasteiger partial charge in [0.25, 0.3) is 11.8 Å². The SMILES string of the molecule is COc1cc2cc(c1Cl)N(C)C(=O)C[C@H](OC(=O)Nc1ccc(CC(=O)CCCCC(=O)ON3C(=O)CCC3=O)cc1Cl)[C@]1(C)O[C@H]1[C@H](C)[C@@H]1C[C@@](O)(CC(=O)O1)[C@H](OC)/C=C/C=C(\C)C2. The topological polar surface area (TPSA) is 217 Å². The molecule has 0 radical (unpaired) electrons. The molecule has 4 aliphatic heterocycles. The highest BCUT2D eigenvalue weighted by molar-refractivity contribution is 6.35. The van der Waals surface area contributed by atoms with Crippen LogP contribution in [0.2, 0.25) is 10.0 Å². The maximum Gasteiger partial charge on any atom is 0.412 e. The van der Waals surface area contributed by atoms with Gasteiger partial charge < -0.3 is 38.5 Å². The van der Waals surface area contributed by atoms with Crippen molar-refractivity contribution in [3.63, 3.8) is 0 Å². The Morgan fingerprint density at radius 2 is 1.71 bits per heavy atom. The molecule has 2 N–H and O–H groups in total. The third kappa shape index (κ3) is 11.8. The number of fused-ring (bicyclic) bond motifs is 5. The van der Waals surface area contributed by atoms with Crippen molar-refractivity contribution in [2.45, 2.75) is 127 Å². The van der Waals surface area contributed by atoms with Crippen LogP contribution < -0.4 is 15.0 Å². The Morgan fingerprint density at radius 1 is 1.00 bits per heavy atom. The summed E-state index contributed by atoms with van der Waals surface area (Å²) in [6.45, 7) is 5.40. The Hall–Kier alpha value is -5.33. The summed E-state index contributed by atoms with van der Waals surface area (Å²) >= 11 is 13.4.